The van der Waals surface area contributed by atoms with Crippen LogP contribution in [0.4, 0.5) is 0 Å². The highest BCUT2D eigenvalue weighted by Gasteiger charge is 2.27. The third-order valence-corrected chi connectivity index (χ3v) is 4.65. The van der Waals surface area contributed by atoms with Crippen molar-refractivity contribution >= 4 is 18.3 Å². The third kappa shape index (κ3) is 6.87. The number of benzene rings is 1. The smallest absolute Gasteiger partial charge is 0.223 e. The molecule has 25 heavy (non-hydrogen) atoms. The van der Waals surface area contributed by atoms with Crippen LogP contribution >= 0.6 is 12.4 Å². The van der Waals surface area contributed by atoms with E-state index in [9.17, 15) is 4.79 Å². The van der Waals surface area contributed by atoms with Crippen LogP contribution in [0, 0.1) is 18.8 Å². The van der Waals surface area contributed by atoms with Gasteiger partial charge in [-0.05, 0) is 57.1 Å². The first kappa shape index (κ1) is 21.8. The molecular weight excluding hydrogens is 336 g/mol. The molecule has 0 radical (unpaired) electrons. The average molecular weight is 369 g/mol. The van der Waals surface area contributed by atoms with E-state index in [1.54, 1.807) is 0 Å². The Labute approximate surface area is 158 Å². The number of carbonyl (C=O) groups is 1. The number of hydrogen-bond donors (Lipinski definition) is 2. The maximum Gasteiger partial charge on any atom is 0.223 e. The van der Waals surface area contributed by atoms with Gasteiger partial charge in [0.2, 0.25) is 5.91 Å². The minimum atomic E-state index is 0. The zero-order valence-electron chi connectivity index (χ0n) is 15.9. The van der Waals surface area contributed by atoms with Crippen LogP contribution in [0.3, 0.4) is 0 Å². The number of rotatable bonds is 7. The predicted molar refractivity (Wildman–Crippen MR) is 105 cm³/mol. The van der Waals surface area contributed by atoms with Gasteiger partial charge in [0.1, 0.15) is 5.75 Å². The fourth-order valence-corrected chi connectivity index (χ4v) is 3.43. The molecule has 2 rings (SSSR count). The van der Waals surface area contributed by atoms with Gasteiger partial charge in [-0.1, -0.05) is 26.0 Å². The highest BCUT2D eigenvalue weighted by Crippen LogP contribution is 2.26. The number of halogens is 1. The minimum absolute atomic E-state index is 0. The standard InChI is InChI=1S/C20H32N2O2.ClH/c1-13(2)9-15(4)24-19-10-14(3)5-6-17(19)12-22-20(23)16-7-8-18(21)11-16;/h5-6,10,13,15-16,18H,7-9,11-12,21H2,1-4H3,(H,22,23);1H. The summed E-state index contributed by atoms with van der Waals surface area (Å²) in [5, 5.41) is 3.06. The molecule has 1 amide bonds. The zero-order chi connectivity index (χ0) is 17.7. The number of nitrogens with one attached hydrogen (secondary N) is 1. The number of nitrogens with two attached hydrogens (primary N) is 1. The molecule has 3 unspecified atom stereocenters. The summed E-state index contributed by atoms with van der Waals surface area (Å²) in [6, 6.07) is 6.35. The maximum atomic E-state index is 12.3. The highest BCUT2D eigenvalue weighted by atomic mass is 35.5. The first-order chi connectivity index (χ1) is 11.3. The van der Waals surface area contributed by atoms with E-state index in [1.165, 1.54) is 5.56 Å². The van der Waals surface area contributed by atoms with Gasteiger partial charge in [-0.15, -0.1) is 12.4 Å². The molecule has 0 spiro atoms. The predicted octanol–water partition coefficient (Wildman–Crippen LogP) is 3.97. The molecular formula is C20H33ClN2O2. The third-order valence-electron chi connectivity index (χ3n) is 4.65. The Bertz CT molecular complexity index is 563. The molecule has 0 bridgehead atoms. The van der Waals surface area contributed by atoms with Gasteiger partial charge in [0.25, 0.3) is 0 Å². The van der Waals surface area contributed by atoms with Crippen LogP contribution in [0.15, 0.2) is 18.2 Å². The quantitative estimate of drug-likeness (QED) is 0.765. The lowest BCUT2D eigenvalue weighted by molar-refractivity contribution is -0.125. The first-order valence-corrected chi connectivity index (χ1v) is 9.14. The summed E-state index contributed by atoms with van der Waals surface area (Å²) in [6.45, 7) is 9.06. The lowest BCUT2D eigenvalue weighted by Crippen LogP contribution is -2.30. The van der Waals surface area contributed by atoms with Gasteiger partial charge >= 0.3 is 0 Å². The van der Waals surface area contributed by atoms with Crippen molar-refractivity contribution in [3.63, 3.8) is 0 Å². The Kier molecular flexibility index (Phi) is 8.74. The second kappa shape index (κ2) is 10.0. The van der Waals surface area contributed by atoms with E-state index in [2.05, 4.69) is 45.1 Å². The second-order valence-corrected chi connectivity index (χ2v) is 7.66. The Balaban J connectivity index is 0.00000312. The van der Waals surface area contributed by atoms with E-state index in [-0.39, 0.29) is 36.4 Å². The van der Waals surface area contributed by atoms with Crippen LogP contribution in [-0.4, -0.2) is 18.1 Å². The number of hydrogen-bond acceptors (Lipinski definition) is 3. The number of aryl methyl sites for hydroxylation is 1. The van der Waals surface area contributed by atoms with Gasteiger partial charge in [-0.25, -0.2) is 0 Å². The van der Waals surface area contributed by atoms with Gasteiger partial charge < -0.3 is 15.8 Å². The van der Waals surface area contributed by atoms with Crippen molar-refractivity contribution in [1.29, 1.82) is 0 Å². The molecule has 0 aromatic heterocycles. The molecule has 1 aromatic rings. The summed E-state index contributed by atoms with van der Waals surface area (Å²) in [5.74, 6) is 1.66. The summed E-state index contributed by atoms with van der Waals surface area (Å²) in [7, 11) is 0. The van der Waals surface area contributed by atoms with E-state index in [0.717, 1.165) is 37.0 Å². The van der Waals surface area contributed by atoms with Crippen LogP contribution in [0.25, 0.3) is 0 Å². The van der Waals surface area contributed by atoms with Gasteiger partial charge in [-0.2, -0.15) is 0 Å². The molecule has 0 heterocycles. The Morgan fingerprint density at radius 1 is 1.32 bits per heavy atom. The van der Waals surface area contributed by atoms with E-state index in [0.29, 0.717) is 12.5 Å². The van der Waals surface area contributed by atoms with E-state index in [1.807, 2.05) is 6.07 Å². The van der Waals surface area contributed by atoms with Gasteiger partial charge in [0.15, 0.2) is 0 Å². The average Bonchev–Trinajstić information content (AvgIpc) is 2.92. The van der Waals surface area contributed by atoms with E-state index < -0.39 is 0 Å². The summed E-state index contributed by atoms with van der Waals surface area (Å²) >= 11 is 0. The summed E-state index contributed by atoms with van der Waals surface area (Å²) in [4.78, 5) is 12.3. The first-order valence-electron chi connectivity index (χ1n) is 9.14. The Morgan fingerprint density at radius 2 is 2.04 bits per heavy atom. The highest BCUT2D eigenvalue weighted by molar-refractivity contribution is 5.85. The lowest BCUT2D eigenvalue weighted by Gasteiger charge is -2.20. The van der Waals surface area contributed by atoms with Crippen LogP contribution in [0.2, 0.25) is 0 Å². The Morgan fingerprint density at radius 3 is 2.64 bits per heavy atom. The number of carbonyl (C=O) groups excluding carboxylic acids is 1. The summed E-state index contributed by atoms with van der Waals surface area (Å²) in [5.41, 5.74) is 8.10. The van der Waals surface area contributed by atoms with Crippen molar-refractivity contribution in [2.24, 2.45) is 17.6 Å². The molecule has 0 aliphatic heterocycles. The van der Waals surface area contributed by atoms with Crippen molar-refractivity contribution in [2.75, 3.05) is 0 Å². The molecule has 1 aliphatic carbocycles. The molecule has 1 fully saturated rings. The second-order valence-electron chi connectivity index (χ2n) is 7.66. The maximum absolute atomic E-state index is 12.3. The van der Waals surface area contributed by atoms with Gasteiger partial charge in [0, 0.05) is 24.1 Å². The molecule has 1 aliphatic rings. The summed E-state index contributed by atoms with van der Waals surface area (Å²) in [6.07, 6.45) is 3.82. The van der Waals surface area contributed by atoms with Gasteiger partial charge in [-0.3, -0.25) is 4.79 Å². The van der Waals surface area contributed by atoms with Crippen molar-refractivity contribution in [3.8, 4) is 5.75 Å². The van der Waals surface area contributed by atoms with Gasteiger partial charge in [0.05, 0.1) is 6.10 Å². The SMILES string of the molecule is Cc1ccc(CNC(=O)C2CCC(N)C2)c(OC(C)CC(C)C)c1.Cl. The topological polar surface area (TPSA) is 64.4 Å². The fourth-order valence-electron chi connectivity index (χ4n) is 3.43. The van der Waals surface area contributed by atoms with E-state index in [4.69, 9.17) is 10.5 Å². The van der Waals surface area contributed by atoms with Crippen LogP contribution < -0.4 is 15.8 Å². The molecule has 4 nitrogen and oxygen atoms in total. The summed E-state index contributed by atoms with van der Waals surface area (Å²) < 4.78 is 6.14. The molecule has 0 saturated heterocycles. The largest absolute Gasteiger partial charge is 0.490 e. The molecule has 3 atom stereocenters. The number of ether oxygens (including phenoxy) is 1. The lowest BCUT2D eigenvalue weighted by atomic mass is 10.1. The van der Waals surface area contributed by atoms with Crippen molar-refractivity contribution in [2.45, 2.75) is 72.1 Å². The van der Waals surface area contributed by atoms with E-state index >= 15 is 0 Å². The number of amides is 1. The van der Waals surface area contributed by atoms with Crippen LogP contribution in [0.5, 0.6) is 5.75 Å². The monoisotopic (exact) mass is 368 g/mol. The normalized spacial score (nSPS) is 20.9. The van der Waals surface area contributed by atoms with Crippen LogP contribution in [0.1, 0.15) is 57.6 Å². The van der Waals surface area contributed by atoms with Crippen molar-refractivity contribution in [1.82, 2.24) is 5.32 Å². The zero-order valence-corrected chi connectivity index (χ0v) is 16.7. The molecule has 1 aromatic carbocycles. The fraction of sp³-hybridized carbons (Fsp3) is 0.650. The Hall–Kier alpha value is -1.26. The molecule has 5 heteroatoms. The van der Waals surface area contributed by atoms with Crippen molar-refractivity contribution in [3.05, 3.63) is 29.3 Å². The molecule has 3 N–H and O–H groups in total. The minimum Gasteiger partial charge on any atom is -0.490 e. The van der Waals surface area contributed by atoms with Crippen LogP contribution in [-0.2, 0) is 11.3 Å². The molecule has 1 saturated carbocycles. The molecule has 142 valence electrons. The van der Waals surface area contributed by atoms with Crippen molar-refractivity contribution < 1.29 is 9.53 Å².